The van der Waals surface area contributed by atoms with Gasteiger partial charge in [0.1, 0.15) is 0 Å². The van der Waals surface area contributed by atoms with E-state index >= 15 is 0 Å². The fourth-order valence-electron chi connectivity index (χ4n) is 2.34. The largest absolute Gasteiger partial charge is 0.179 e. The molecule has 2 aliphatic rings. The fraction of sp³-hybridized carbons (Fsp3) is 0.0952. The third kappa shape index (κ3) is 8.51. The fourth-order valence-corrected chi connectivity index (χ4v) is 2.34. The minimum absolute atomic E-state index is 0.250. The molecule has 0 saturated carbocycles. The number of carboxylic acid groups (broad SMARTS) is 2. The van der Waals surface area contributed by atoms with Crippen molar-refractivity contribution in [1.29, 1.82) is 0 Å². The molecule has 2 aliphatic carbocycles. The van der Waals surface area contributed by atoms with Gasteiger partial charge in [0.25, 0.3) is 12.9 Å². The van der Waals surface area contributed by atoms with Crippen molar-refractivity contribution >= 4 is 17.8 Å². The van der Waals surface area contributed by atoms with Crippen LogP contribution in [0.5, 0.6) is 0 Å². The first kappa shape index (κ1) is 23.4. The molecule has 4 rings (SSSR count). The van der Waals surface area contributed by atoms with E-state index in [0.29, 0.717) is 0 Å². The predicted molar refractivity (Wildman–Crippen MR) is 99.6 cm³/mol. The van der Waals surface area contributed by atoms with Crippen LogP contribution in [0.15, 0.2) is 60.7 Å². The molecule has 0 fully saturated rings. The van der Waals surface area contributed by atoms with Crippen molar-refractivity contribution in [2.24, 2.45) is 0 Å². The number of allylic oxidation sites excluding steroid dienone is 4. The minimum atomic E-state index is -0.250. The monoisotopic (exact) mass is 384 g/mol. The molecule has 0 radical (unpaired) electrons. The van der Waals surface area contributed by atoms with Crippen molar-refractivity contribution in [1.82, 2.24) is 0 Å². The second-order valence-electron chi connectivity index (χ2n) is 4.61. The number of carbonyl (C=O) groups is 2. The van der Waals surface area contributed by atoms with Gasteiger partial charge in [0.15, 0.2) is 0 Å². The maximum atomic E-state index is 8.36. The Bertz CT molecular complexity index is 664. The van der Waals surface area contributed by atoms with Gasteiger partial charge in [0.2, 0.25) is 0 Å². The van der Waals surface area contributed by atoms with Crippen LogP contribution in [0, 0.1) is 12.1 Å². The summed E-state index contributed by atoms with van der Waals surface area (Å²) in [6.45, 7) is -0.500. The summed E-state index contributed by atoms with van der Waals surface area (Å²) >= 11 is 1.75. The molecular formula is C21H20O4Ti. The molecule has 0 aromatic heterocycles. The molecule has 132 valence electrons. The van der Waals surface area contributed by atoms with Gasteiger partial charge in [0.05, 0.1) is 0 Å². The SMILES string of the molecule is O=CO.O=CO.[C-]1=CC=CC1.[CH2]=[Ti+2].[c-]1cccc2c1Cc1ccccc1-2. The molecule has 0 heterocycles. The molecule has 0 saturated heterocycles. The van der Waals surface area contributed by atoms with E-state index in [2.05, 4.69) is 59.4 Å². The minimum Gasteiger partial charge on any atom is -0.179 e. The van der Waals surface area contributed by atoms with Gasteiger partial charge in [-0.05, 0) is 6.42 Å². The molecule has 5 heteroatoms. The van der Waals surface area contributed by atoms with Crippen LogP contribution in [0.3, 0.4) is 0 Å². The van der Waals surface area contributed by atoms with Crippen LogP contribution in [0.4, 0.5) is 0 Å². The summed E-state index contributed by atoms with van der Waals surface area (Å²) in [7, 11) is 0. The summed E-state index contributed by atoms with van der Waals surface area (Å²) in [4.78, 5) is 20.0. The average Bonchev–Trinajstić information content (AvgIpc) is 3.36. The Kier molecular flexibility index (Phi) is 14.4. The van der Waals surface area contributed by atoms with Gasteiger partial charge in [-0.2, -0.15) is 35.9 Å². The van der Waals surface area contributed by atoms with E-state index in [1.165, 1.54) is 22.3 Å². The summed E-state index contributed by atoms with van der Waals surface area (Å²) in [5.41, 5.74) is 5.51. The third-order valence-corrected chi connectivity index (χ3v) is 3.20. The zero-order valence-electron chi connectivity index (χ0n) is 14.3. The van der Waals surface area contributed by atoms with Crippen LogP contribution >= 0.6 is 0 Å². The Morgan fingerprint density at radius 3 is 2.15 bits per heavy atom. The standard InChI is InChI=1S/C13H9.C5H5.2CH2O2.CH2.Ti/c1-3-7-12-10(5-1)9-11-6-2-4-8-13(11)12;1-2-4-5-3-1;2*2-1-3;;/h1-5,7-8H,9H2;1-3H,4H2;2*1H,(H,2,3);1H2;/q2*-1;;;;+2. The normalized spacial score (nSPS) is 10.7. The molecular weight excluding hydrogens is 364 g/mol. The Morgan fingerprint density at radius 1 is 1.00 bits per heavy atom. The first-order valence-electron chi connectivity index (χ1n) is 7.59. The molecule has 0 bridgehead atoms. The molecule has 0 spiro atoms. The second-order valence-corrected chi connectivity index (χ2v) is 4.61. The topological polar surface area (TPSA) is 74.6 Å². The van der Waals surface area contributed by atoms with E-state index < -0.39 is 0 Å². The maximum Gasteiger partial charge on any atom is -0.0253 e. The predicted octanol–water partition coefficient (Wildman–Crippen LogP) is 3.73. The molecule has 4 nitrogen and oxygen atoms in total. The Balaban J connectivity index is 0.000000402. The van der Waals surface area contributed by atoms with Crippen LogP contribution in [-0.4, -0.2) is 28.0 Å². The zero-order chi connectivity index (χ0) is 19.6. The van der Waals surface area contributed by atoms with Crippen molar-refractivity contribution in [3.63, 3.8) is 0 Å². The van der Waals surface area contributed by atoms with Crippen LogP contribution in [0.25, 0.3) is 11.1 Å². The van der Waals surface area contributed by atoms with Crippen molar-refractivity contribution in [2.75, 3.05) is 0 Å². The molecule has 2 N–H and O–H groups in total. The smallest absolute Gasteiger partial charge is 0.0253 e. The third-order valence-electron chi connectivity index (χ3n) is 3.20. The number of fused-ring (bicyclic) bond motifs is 3. The molecule has 2 aromatic carbocycles. The zero-order valence-corrected chi connectivity index (χ0v) is 15.8. The number of hydrogen-bond acceptors (Lipinski definition) is 2. The van der Waals surface area contributed by atoms with E-state index in [9.17, 15) is 0 Å². The molecule has 26 heavy (non-hydrogen) atoms. The van der Waals surface area contributed by atoms with Gasteiger partial charge >= 0.3 is 24.8 Å². The Morgan fingerprint density at radius 2 is 1.62 bits per heavy atom. The van der Waals surface area contributed by atoms with E-state index in [0.717, 1.165) is 12.8 Å². The number of rotatable bonds is 0. The van der Waals surface area contributed by atoms with Crippen molar-refractivity contribution in [3.05, 3.63) is 84.0 Å². The summed E-state index contributed by atoms with van der Waals surface area (Å²) in [6.07, 6.45) is 11.0. The quantitative estimate of drug-likeness (QED) is 0.352. The van der Waals surface area contributed by atoms with Crippen LogP contribution in [0.1, 0.15) is 17.5 Å². The van der Waals surface area contributed by atoms with Crippen LogP contribution in [0.2, 0.25) is 0 Å². The van der Waals surface area contributed by atoms with Gasteiger partial charge in [-0.1, -0.05) is 35.4 Å². The molecule has 0 aliphatic heterocycles. The molecule has 0 unspecified atom stereocenters. The van der Waals surface area contributed by atoms with Crippen LogP contribution < -0.4 is 0 Å². The van der Waals surface area contributed by atoms with E-state index in [1.807, 2.05) is 18.2 Å². The van der Waals surface area contributed by atoms with Gasteiger partial charge in [0, 0.05) is 0 Å². The first-order valence-corrected chi connectivity index (χ1v) is 8.69. The van der Waals surface area contributed by atoms with Crippen molar-refractivity contribution < 1.29 is 39.8 Å². The second kappa shape index (κ2) is 15.9. The Hall–Kier alpha value is -2.56. The van der Waals surface area contributed by atoms with Gasteiger partial charge in [-0.3, -0.25) is 15.7 Å². The molecule has 2 aromatic rings. The molecule has 0 amide bonds. The summed E-state index contributed by atoms with van der Waals surface area (Å²) in [6, 6.07) is 18.1. The van der Waals surface area contributed by atoms with E-state index in [4.69, 9.17) is 19.8 Å². The molecule has 0 atom stereocenters. The van der Waals surface area contributed by atoms with Gasteiger partial charge < -0.3 is 10.2 Å². The summed E-state index contributed by atoms with van der Waals surface area (Å²) in [5.74, 6) is 0. The summed E-state index contributed by atoms with van der Waals surface area (Å²) in [5, 5.41) is 13.8. The van der Waals surface area contributed by atoms with Crippen molar-refractivity contribution in [3.8, 4) is 11.1 Å². The number of benzene rings is 2. The van der Waals surface area contributed by atoms with Gasteiger partial charge in [-0.15, -0.1) is 12.0 Å². The first-order chi connectivity index (χ1) is 12.8. The average molecular weight is 384 g/mol. The number of hydrogen-bond donors (Lipinski definition) is 2. The van der Waals surface area contributed by atoms with E-state index in [-0.39, 0.29) is 12.9 Å². The van der Waals surface area contributed by atoms with Gasteiger partial charge in [-0.25, -0.2) is 12.2 Å². The Labute approximate surface area is 165 Å². The van der Waals surface area contributed by atoms with Crippen LogP contribution in [-0.2, 0) is 36.0 Å². The summed E-state index contributed by atoms with van der Waals surface area (Å²) < 4.78 is 0. The van der Waals surface area contributed by atoms with E-state index in [1.54, 1.807) is 20.0 Å². The van der Waals surface area contributed by atoms with Crippen molar-refractivity contribution in [2.45, 2.75) is 12.8 Å². The maximum absolute atomic E-state index is 8.36.